The smallest absolute Gasteiger partial charge is 0.433 e. The van der Waals surface area contributed by atoms with Gasteiger partial charge in [-0.25, -0.2) is 4.79 Å². The van der Waals surface area contributed by atoms with Gasteiger partial charge in [-0.05, 0) is 45.6 Å². The number of ketones is 2. The van der Waals surface area contributed by atoms with Gasteiger partial charge in [-0.15, -0.1) is 0 Å². The Balaban J connectivity index is 0.000000205. The molecule has 0 unspecified atom stereocenters. The van der Waals surface area contributed by atoms with E-state index in [4.69, 9.17) is 5.11 Å². The zero-order valence-corrected chi connectivity index (χ0v) is 22.7. The second-order valence-electron chi connectivity index (χ2n) is 8.71. The standard InChI is InChI=1S/C14H8O2.C8H10O.C7H14N2O2S/c15-13-9-5-1-2-6-10(9)14(16)12-8-4-3-7-11(12)13;1-6-3-4-8(9)7(2)5-6;1-7(2,12-4)5-9-11-6(10)8-3/h1-8H;3-5,9H,1-2H3;5H,1-4H3,(H,8,10)/b;;9-5+. The van der Waals surface area contributed by atoms with Crippen molar-refractivity contribution >= 4 is 35.6 Å². The highest BCUT2D eigenvalue weighted by molar-refractivity contribution is 8.00. The average Bonchev–Trinajstić information content (AvgIpc) is 2.90. The number of carbonyl (C=O) groups excluding carboxylic acids is 3. The van der Waals surface area contributed by atoms with Crippen LogP contribution in [0, 0.1) is 13.8 Å². The lowest BCUT2D eigenvalue weighted by Gasteiger charge is -2.16. The minimum absolute atomic E-state index is 0.0641. The minimum Gasteiger partial charge on any atom is -0.508 e. The van der Waals surface area contributed by atoms with Gasteiger partial charge in [-0.2, -0.15) is 11.8 Å². The van der Waals surface area contributed by atoms with Crippen LogP contribution in [0.5, 0.6) is 5.75 Å². The molecule has 0 saturated heterocycles. The van der Waals surface area contributed by atoms with Crippen molar-refractivity contribution in [3.63, 3.8) is 0 Å². The van der Waals surface area contributed by atoms with Crippen LogP contribution in [0.15, 0.2) is 71.9 Å². The fourth-order valence-corrected chi connectivity index (χ4v) is 3.30. The van der Waals surface area contributed by atoms with Crippen molar-refractivity contribution in [2.24, 2.45) is 5.16 Å². The van der Waals surface area contributed by atoms with E-state index < -0.39 is 6.09 Å². The van der Waals surface area contributed by atoms with Crippen LogP contribution >= 0.6 is 11.8 Å². The summed E-state index contributed by atoms with van der Waals surface area (Å²) in [4.78, 5) is 39.2. The zero-order valence-electron chi connectivity index (χ0n) is 21.9. The predicted molar refractivity (Wildman–Crippen MR) is 149 cm³/mol. The molecular formula is C29H32N2O5S. The first-order valence-electron chi connectivity index (χ1n) is 11.5. The summed E-state index contributed by atoms with van der Waals surface area (Å²) in [7, 11) is 1.48. The normalized spacial score (nSPS) is 11.8. The Morgan fingerprint density at radius 1 is 0.919 bits per heavy atom. The molecule has 1 aliphatic carbocycles. The summed E-state index contributed by atoms with van der Waals surface area (Å²) in [5, 5.41) is 14.9. The van der Waals surface area contributed by atoms with Crippen molar-refractivity contribution < 1.29 is 24.3 Å². The molecule has 3 aromatic carbocycles. The molecule has 3 aromatic rings. The molecule has 4 rings (SSSR count). The van der Waals surface area contributed by atoms with Crippen molar-refractivity contribution in [1.82, 2.24) is 5.32 Å². The fraction of sp³-hybridized carbons (Fsp3) is 0.241. The van der Waals surface area contributed by atoms with Gasteiger partial charge < -0.3 is 10.4 Å². The highest BCUT2D eigenvalue weighted by Gasteiger charge is 2.28. The summed E-state index contributed by atoms with van der Waals surface area (Å²) < 4.78 is -0.103. The molecule has 0 heterocycles. The second-order valence-corrected chi connectivity index (χ2v) is 10.2. The number of aromatic hydroxyl groups is 1. The van der Waals surface area contributed by atoms with Gasteiger partial charge in [0.25, 0.3) is 0 Å². The molecule has 194 valence electrons. The zero-order chi connectivity index (χ0) is 27.6. The summed E-state index contributed by atoms with van der Waals surface area (Å²) in [5.41, 5.74) is 4.15. The molecule has 0 saturated carbocycles. The van der Waals surface area contributed by atoms with Gasteiger partial charge in [0.05, 0.1) is 6.21 Å². The number of thioether (sulfide) groups is 1. The van der Waals surface area contributed by atoms with Gasteiger partial charge in [0.2, 0.25) is 0 Å². The third-order valence-corrected chi connectivity index (χ3v) is 6.57. The van der Waals surface area contributed by atoms with E-state index in [1.807, 2.05) is 46.1 Å². The van der Waals surface area contributed by atoms with E-state index in [0.717, 1.165) is 5.56 Å². The van der Waals surface area contributed by atoms with Crippen molar-refractivity contribution in [1.29, 1.82) is 0 Å². The maximum atomic E-state index is 12.1. The number of oxime groups is 1. The molecule has 0 atom stereocenters. The van der Waals surface area contributed by atoms with Gasteiger partial charge in [-0.3, -0.25) is 14.4 Å². The molecule has 0 aliphatic heterocycles. The van der Waals surface area contributed by atoms with Gasteiger partial charge in [0, 0.05) is 34.0 Å². The molecule has 0 aromatic heterocycles. The average molecular weight is 521 g/mol. The van der Waals surface area contributed by atoms with E-state index in [1.165, 1.54) is 12.6 Å². The highest BCUT2D eigenvalue weighted by Crippen LogP contribution is 2.26. The lowest BCUT2D eigenvalue weighted by molar-refractivity contribution is 0.0979. The van der Waals surface area contributed by atoms with Crippen LogP contribution in [0.3, 0.4) is 0 Å². The van der Waals surface area contributed by atoms with E-state index in [9.17, 15) is 14.4 Å². The van der Waals surface area contributed by atoms with Crippen LogP contribution < -0.4 is 5.32 Å². The summed E-state index contributed by atoms with van der Waals surface area (Å²) >= 11 is 1.63. The molecule has 0 spiro atoms. The lowest BCUT2D eigenvalue weighted by atomic mass is 9.84. The molecule has 0 bridgehead atoms. The van der Waals surface area contributed by atoms with Gasteiger partial charge in [0.15, 0.2) is 11.6 Å². The lowest BCUT2D eigenvalue weighted by Crippen LogP contribution is -2.20. The molecule has 7 nitrogen and oxygen atoms in total. The Morgan fingerprint density at radius 2 is 1.38 bits per heavy atom. The quantitative estimate of drug-likeness (QED) is 0.197. The summed E-state index contributed by atoms with van der Waals surface area (Å²) in [5.74, 6) is 0.247. The van der Waals surface area contributed by atoms with Crippen LogP contribution in [0.1, 0.15) is 56.8 Å². The number of rotatable bonds is 3. The van der Waals surface area contributed by atoms with Crippen LogP contribution in [0.2, 0.25) is 0 Å². The largest absolute Gasteiger partial charge is 0.508 e. The van der Waals surface area contributed by atoms with E-state index in [0.29, 0.717) is 28.0 Å². The van der Waals surface area contributed by atoms with E-state index in [1.54, 1.807) is 72.6 Å². The van der Waals surface area contributed by atoms with Gasteiger partial charge in [-0.1, -0.05) is 71.4 Å². The van der Waals surface area contributed by atoms with Gasteiger partial charge in [0.1, 0.15) is 5.75 Å². The Kier molecular flexibility index (Phi) is 10.6. The molecule has 1 amide bonds. The molecule has 0 radical (unpaired) electrons. The molecular weight excluding hydrogens is 488 g/mol. The summed E-state index contributed by atoms with van der Waals surface area (Å²) in [6.45, 7) is 7.86. The monoisotopic (exact) mass is 520 g/mol. The fourth-order valence-electron chi connectivity index (χ4n) is 3.15. The Labute approximate surface area is 221 Å². The Hall–Kier alpha value is -3.91. The number of benzene rings is 3. The second kappa shape index (κ2) is 13.4. The first kappa shape index (κ1) is 29.3. The van der Waals surface area contributed by atoms with Crippen LogP contribution in [-0.2, 0) is 4.84 Å². The van der Waals surface area contributed by atoms with E-state index >= 15 is 0 Å². The number of fused-ring (bicyclic) bond motifs is 2. The molecule has 2 N–H and O–H groups in total. The van der Waals surface area contributed by atoms with Crippen LogP contribution in [0.25, 0.3) is 0 Å². The van der Waals surface area contributed by atoms with Crippen molar-refractivity contribution in [2.75, 3.05) is 13.3 Å². The number of phenols is 1. The Morgan fingerprint density at radius 3 is 1.73 bits per heavy atom. The topological polar surface area (TPSA) is 105 Å². The third kappa shape index (κ3) is 8.32. The van der Waals surface area contributed by atoms with Crippen LogP contribution in [0.4, 0.5) is 4.79 Å². The summed E-state index contributed by atoms with van der Waals surface area (Å²) in [6, 6.07) is 19.5. The molecule has 8 heteroatoms. The van der Waals surface area contributed by atoms with Crippen molar-refractivity contribution in [3.05, 3.63) is 100 Å². The summed E-state index contributed by atoms with van der Waals surface area (Å²) in [6.07, 6.45) is 3.00. The molecule has 37 heavy (non-hydrogen) atoms. The maximum absolute atomic E-state index is 12.1. The number of aryl methyl sites for hydroxylation is 2. The number of hydrogen-bond acceptors (Lipinski definition) is 7. The number of nitrogens with one attached hydrogen (secondary N) is 1. The number of amides is 1. The third-order valence-electron chi connectivity index (χ3n) is 5.41. The van der Waals surface area contributed by atoms with E-state index in [-0.39, 0.29) is 16.3 Å². The first-order valence-corrected chi connectivity index (χ1v) is 12.7. The predicted octanol–water partition coefficient (Wildman–Crippen LogP) is 5.94. The van der Waals surface area contributed by atoms with Crippen LogP contribution in [-0.4, -0.2) is 47.0 Å². The first-order chi connectivity index (χ1) is 17.5. The van der Waals surface area contributed by atoms with Crippen molar-refractivity contribution in [3.8, 4) is 5.75 Å². The highest BCUT2D eigenvalue weighted by atomic mass is 32.2. The number of hydrogen-bond donors (Lipinski definition) is 2. The van der Waals surface area contributed by atoms with Crippen molar-refractivity contribution in [2.45, 2.75) is 32.4 Å². The minimum atomic E-state index is -0.553. The maximum Gasteiger partial charge on any atom is 0.433 e. The Bertz CT molecular complexity index is 1200. The van der Waals surface area contributed by atoms with Gasteiger partial charge >= 0.3 is 6.09 Å². The van der Waals surface area contributed by atoms with E-state index in [2.05, 4.69) is 15.3 Å². The molecule has 0 fully saturated rings. The number of carbonyl (C=O) groups is 3. The molecule has 1 aliphatic rings. The number of phenolic OH excluding ortho intramolecular Hbond substituents is 1. The number of nitrogens with zero attached hydrogens (tertiary/aromatic N) is 1. The SMILES string of the molecule is CNC(=O)O/N=C/C(C)(C)SC.Cc1ccc(O)c(C)c1.O=C1c2ccccc2C(=O)c2ccccc21.